The normalized spacial score (nSPS) is 27.8. The highest BCUT2D eigenvalue weighted by atomic mass is 16.2. The van der Waals surface area contributed by atoms with Gasteiger partial charge in [-0.1, -0.05) is 0 Å². The number of carbonyl (C=O) groups excluding carboxylic acids is 1. The first-order valence-corrected chi connectivity index (χ1v) is 6.55. The molecular formula is C13H21N3O. The van der Waals surface area contributed by atoms with E-state index in [-0.39, 0.29) is 11.8 Å². The quantitative estimate of drug-likeness (QED) is 0.723. The van der Waals surface area contributed by atoms with Gasteiger partial charge >= 0.3 is 0 Å². The molecule has 0 aromatic rings. The summed E-state index contributed by atoms with van der Waals surface area (Å²) >= 11 is 0. The third-order valence-electron chi connectivity index (χ3n) is 4.01. The Morgan fingerprint density at radius 1 is 1.35 bits per heavy atom. The Balaban J connectivity index is 1.89. The summed E-state index contributed by atoms with van der Waals surface area (Å²) in [5, 5.41) is 8.88. The van der Waals surface area contributed by atoms with E-state index in [2.05, 4.69) is 24.8 Å². The van der Waals surface area contributed by atoms with E-state index in [0.717, 1.165) is 25.9 Å². The van der Waals surface area contributed by atoms with Gasteiger partial charge in [0.15, 0.2) is 0 Å². The van der Waals surface area contributed by atoms with Crippen LogP contribution in [-0.2, 0) is 4.79 Å². The lowest BCUT2D eigenvalue weighted by Gasteiger charge is -2.38. The first kappa shape index (κ1) is 12.4. The fourth-order valence-electron chi connectivity index (χ4n) is 2.88. The Hall–Kier alpha value is -1.08. The summed E-state index contributed by atoms with van der Waals surface area (Å²) in [7, 11) is 0. The zero-order valence-corrected chi connectivity index (χ0v) is 10.7. The van der Waals surface area contributed by atoms with Gasteiger partial charge in [0.05, 0.1) is 12.0 Å². The second kappa shape index (κ2) is 5.05. The van der Waals surface area contributed by atoms with E-state index >= 15 is 0 Å². The summed E-state index contributed by atoms with van der Waals surface area (Å²) in [4.78, 5) is 16.2. The molecule has 1 atom stereocenters. The third-order valence-corrected chi connectivity index (χ3v) is 4.01. The van der Waals surface area contributed by atoms with E-state index in [1.54, 1.807) is 0 Å². The molecule has 0 aliphatic carbocycles. The lowest BCUT2D eigenvalue weighted by molar-refractivity contribution is -0.130. The summed E-state index contributed by atoms with van der Waals surface area (Å²) in [6, 6.07) is 3.18. The highest BCUT2D eigenvalue weighted by Crippen LogP contribution is 2.25. The average Bonchev–Trinajstić information content (AvgIpc) is 2.71. The van der Waals surface area contributed by atoms with Crippen molar-refractivity contribution in [3.8, 4) is 6.07 Å². The number of rotatable bonds is 2. The number of hydrogen-bond donors (Lipinski definition) is 0. The lowest BCUT2D eigenvalue weighted by Crippen LogP contribution is -2.47. The van der Waals surface area contributed by atoms with Crippen molar-refractivity contribution in [2.45, 2.75) is 45.2 Å². The molecule has 2 aliphatic rings. The Kier molecular flexibility index (Phi) is 3.68. The molecule has 2 heterocycles. The van der Waals surface area contributed by atoms with Crippen molar-refractivity contribution in [3.63, 3.8) is 0 Å². The average molecular weight is 235 g/mol. The van der Waals surface area contributed by atoms with Crippen LogP contribution in [0.5, 0.6) is 0 Å². The van der Waals surface area contributed by atoms with Gasteiger partial charge in [-0.2, -0.15) is 5.26 Å². The van der Waals surface area contributed by atoms with Crippen LogP contribution in [0.1, 0.15) is 33.1 Å². The van der Waals surface area contributed by atoms with Crippen molar-refractivity contribution in [1.29, 1.82) is 5.26 Å². The summed E-state index contributed by atoms with van der Waals surface area (Å²) in [5.74, 6) is 0.102. The van der Waals surface area contributed by atoms with E-state index in [0.29, 0.717) is 25.0 Å². The topological polar surface area (TPSA) is 47.3 Å². The number of piperidine rings is 1. The fraction of sp³-hybridized carbons (Fsp3) is 0.846. The molecule has 1 amide bonds. The molecule has 1 unspecified atom stereocenters. The SMILES string of the molecule is CC(C)N1CCC(N2CC(C#N)CC2=O)CC1. The minimum Gasteiger partial charge on any atom is -0.338 e. The Morgan fingerprint density at radius 3 is 2.47 bits per heavy atom. The predicted octanol–water partition coefficient (Wildman–Crippen LogP) is 1.23. The molecule has 0 spiro atoms. The summed E-state index contributed by atoms with van der Waals surface area (Å²) in [6.07, 6.45) is 2.55. The number of hydrogen-bond acceptors (Lipinski definition) is 3. The fourth-order valence-corrected chi connectivity index (χ4v) is 2.88. The van der Waals surface area contributed by atoms with Crippen LogP contribution in [0.4, 0.5) is 0 Å². The Labute approximate surface area is 103 Å². The van der Waals surface area contributed by atoms with Crippen molar-refractivity contribution >= 4 is 5.91 Å². The van der Waals surface area contributed by atoms with Crippen molar-refractivity contribution < 1.29 is 4.79 Å². The zero-order valence-electron chi connectivity index (χ0n) is 10.7. The highest BCUT2D eigenvalue weighted by molar-refractivity contribution is 5.79. The number of nitriles is 1. The minimum absolute atomic E-state index is 0.0781. The summed E-state index contributed by atoms with van der Waals surface area (Å²) in [5.41, 5.74) is 0. The van der Waals surface area contributed by atoms with Gasteiger partial charge in [-0.3, -0.25) is 4.79 Å². The molecule has 0 aromatic heterocycles. The number of nitrogens with zero attached hydrogens (tertiary/aromatic N) is 3. The maximum atomic E-state index is 11.8. The molecule has 2 rings (SSSR count). The van der Waals surface area contributed by atoms with Crippen LogP contribution in [0.15, 0.2) is 0 Å². The predicted molar refractivity (Wildman–Crippen MR) is 65.2 cm³/mol. The van der Waals surface area contributed by atoms with Crippen LogP contribution >= 0.6 is 0 Å². The molecule has 2 aliphatic heterocycles. The Bertz CT molecular complexity index is 326. The van der Waals surface area contributed by atoms with Gasteiger partial charge in [0.1, 0.15) is 0 Å². The van der Waals surface area contributed by atoms with Gasteiger partial charge in [-0.15, -0.1) is 0 Å². The molecule has 0 radical (unpaired) electrons. The van der Waals surface area contributed by atoms with Gasteiger partial charge in [0, 0.05) is 38.1 Å². The van der Waals surface area contributed by atoms with E-state index in [9.17, 15) is 4.79 Å². The third kappa shape index (κ3) is 2.61. The smallest absolute Gasteiger partial charge is 0.224 e. The van der Waals surface area contributed by atoms with E-state index in [1.807, 2.05) is 4.90 Å². The molecule has 0 aromatic carbocycles. The van der Waals surface area contributed by atoms with Crippen molar-refractivity contribution in [3.05, 3.63) is 0 Å². The number of likely N-dealkylation sites (tertiary alicyclic amines) is 2. The monoisotopic (exact) mass is 235 g/mol. The second-order valence-electron chi connectivity index (χ2n) is 5.44. The maximum absolute atomic E-state index is 11.8. The van der Waals surface area contributed by atoms with Crippen LogP contribution in [0.25, 0.3) is 0 Å². The summed E-state index contributed by atoms with van der Waals surface area (Å²) in [6.45, 7) is 7.23. The first-order chi connectivity index (χ1) is 8.11. The van der Waals surface area contributed by atoms with Crippen molar-refractivity contribution in [2.75, 3.05) is 19.6 Å². The van der Waals surface area contributed by atoms with Gasteiger partial charge in [0.2, 0.25) is 5.91 Å². The van der Waals surface area contributed by atoms with Crippen LogP contribution in [0.2, 0.25) is 0 Å². The summed E-state index contributed by atoms with van der Waals surface area (Å²) < 4.78 is 0. The van der Waals surface area contributed by atoms with E-state index < -0.39 is 0 Å². The molecule has 4 nitrogen and oxygen atoms in total. The van der Waals surface area contributed by atoms with Crippen LogP contribution in [0, 0.1) is 17.2 Å². The van der Waals surface area contributed by atoms with Gasteiger partial charge in [-0.25, -0.2) is 0 Å². The maximum Gasteiger partial charge on any atom is 0.224 e. The molecular weight excluding hydrogens is 214 g/mol. The molecule has 2 fully saturated rings. The van der Waals surface area contributed by atoms with Crippen LogP contribution in [-0.4, -0.2) is 47.4 Å². The Morgan fingerprint density at radius 2 is 2.00 bits per heavy atom. The molecule has 0 saturated carbocycles. The molecule has 0 N–H and O–H groups in total. The van der Waals surface area contributed by atoms with Gasteiger partial charge in [-0.05, 0) is 26.7 Å². The highest BCUT2D eigenvalue weighted by Gasteiger charge is 2.35. The largest absolute Gasteiger partial charge is 0.338 e. The number of amides is 1. The van der Waals surface area contributed by atoms with E-state index in [1.165, 1.54) is 0 Å². The minimum atomic E-state index is -0.0781. The zero-order chi connectivity index (χ0) is 12.4. The molecule has 4 heteroatoms. The van der Waals surface area contributed by atoms with Crippen LogP contribution in [0.3, 0.4) is 0 Å². The lowest BCUT2D eigenvalue weighted by atomic mass is 10.0. The molecule has 2 saturated heterocycles. The van der Waals surface area contributed by atoms with E-state index in [4.69, 9.17) is 5.26 Å². The van der Waals surface area contributed by atoms with Gasteiger partial charge < -0.3 is 9.80 Å². The molecule has 94 valence electrons. The standard InChI is InChI=1S/C13H21N3O/c1-10(2)15-5-3-12(4-6-15)16-9-11(8-14)7-13(16)17/h10-12H,3-7,9H2,1-2H3. The molecule has 0 bridgehead atoms. The van der Waals surface area contributed by atoms with Gasteiger partial charge in [0.25, 0.3) is 0 Å². The number of carbonyl (C=O) groups is 1. The first-order valence-electron chi connectivity index (χ1n) is 6.55. The van der Waals surface area contributed by atoms with Crippen molar-refractivity contribution in [2.24, 2.45) is 5.92 Å². The van der Waals surface area contributed by atoms with Crippen LogP contribution < -0.4 is 0 Å². The van der Waals surface area contributed by atoms with Crippen molar-refractivity contribution in [1.82, 2.24) is 9.80 Å². The molecule has 17 heavy (non-hydrogen) atoms. The second-order valence-corrected chi connectivity index (χ2v) is 5.44.